The Balaban J connectivity index is 1.58. The number of aryl methyl sites for hydroxylation is 1. The predicted molar refractivity (Wildman–Crippen MR) is 112 cm³/mol. The van der Waals surface area contributed by atoms with Crippen LogP contribution in [0, 0.1) is 0 Å². The summed E-state index contributed by atoms with van der Waals surface area (Å²) in [4.78, 5) is 29.4. The zero-order valence-electron chi connectivity index (χ0n) is 16.7. The summed E-state index contributed by atoms with van der Waals surface area (Å²) in [5.74, 6) is -0.0774. The molecular weight excluding hydrogens is 350 g/mol. The molecule has 1 aliphatic rings. The molecule has 0 aliphatic carbocycles. The van der Waals surface area contributed by atoms with E-state index < -0.39 is 0 Å². The Morgan fingerprint density at radius 3 is 2.57 bits per heavy atom. The van der Waals surface area contributed by atoms with Crippen LogP contribution in [0.1, 0.15) is 36.9 Å². The van der Waals surface area contributed by atoms with Crippen molar-refractivity contribution in [2.75, 3.05) is 32.0 Å². The average Bonchev–Trinajstić information content (AvgIpc) is 2.72. The van der Waals surface area contributed by atoms with Crippen LogP contribution in [0.15, 0.2) is 54.6 Å². The van der Waals surface area contributed by atoms with Crippen LogP contribution in [0.25, 0.3) is 0 Å². The molecule has 5 heteroatoms. The molecule has 28 heavy (non-hydrogen) atoms. The molecule has 3 rings (SSSR count). The van der Waals surface area contributed by atoms with Gasteiger partial charge in [-0.3, -0.25) is 9.59 Å². The third kappa shape index (κ3) is 5.20. The first-order valence-electron chi connectivity index (χ1n) is 9.98. The SMILES string of the molecule is CCc1cccc(NC(=O)CCC(=O)N2CCN(C)CC2c2ccccc2)c1. The maximum absolute atomic E-state index is 12.9. The van der Waals surface area contributed by atoms with Gasteiger partial charge in [-0.15, -0.1) is 0 Å². The van der Waals surface area contributed by atoms with E-state index in [4.69, 9.17) is 0 Å². The molecule has 1 heterocycles. The number of benzene rings is 2. The van der Waals surface area contributed by atoms with Crippen LogP contribution in [0.5, 0.6) is 0 Å². The fourth-order valence-electron chi connectivity index (χ4n) is 3.63. The zero-order valence-corrected chi connectivity index (χ0v) is 16.7. The number of rotatable bonds is 6. The number of hydrogen-bond donors (Lipinski definition) is 1. The minimum absolute atomic E-state index is 0.0387. The van der Waals surface area contributed by atoms with Crippen molar-refractivity contribution in [2.24, 2.45) is 0 Å². The van der Waals surface area contributed by atoms with Gasteiger partial charge < -0.3 is 15.1 Å². The lowest BCUT2D eigenvalue weighted by atomic mass is 10.0. The van der Waals surface area contributed by atoms with Crippen molar-refractivity contribution >= 4 is 17.5 Å². The van der Waals surface area contributed by atoms with E-state index in [2.05, 4.69) is 36.3 Å². The number of carbonyl (C=O) groups excluding carboxylic acids is 2. The van der Waals surface area contributed by atoms with Crippen LogP contribution in [0.3, 0.4) is 0 Å². The van der Waals surface area contributed by atoms with Crippen molar-refractivity contribution in [3.63, 3.8) is 0 Å². The molecule has 1 fully saturated rings. The van der Waals surface area contributed by atoms with Gasteiger partial charge in [-0.1, -0.05) is 49.4 Å². The van der Waals surface area contributed by atoms with Gasteiger partial charge in [-0.2, -0.15) is 0 Å². The Labute approximate surface area is 167 Å². The van der Waals surface area contributed by atoms with E-state index in [-0.39, 0.29) is 30.7 Å². The third-order valence-corrected chi connectivity index (χ3v) is 5.27. The van der Waals surface area contributed by atoms with Crippen molar-refractivity contribution in [3.8, 4) is 0 Å². The van der Waals surface area contributed by atoms with Crippen molar-refractivity contribution in [3.05, 3.63) is 65.7 Å². The summed E-state index contributed by atoms with van der Waals surface area (Å²) >= 11 is 0. The van der Waals surface area contributed by atoms with E-state index in [1.54, 1.807) is 0 Å². The molecular formula is C23H29N3O2. The van der Waals surface area contributed by atoms with Gasteiger partial charge >= 0.3 is 0 Å². The molecule has 2 amide bonds. The molecule has 0 aromatic heterocycles. The highest BCUT2D eigenvalue weighted by atomic mass is 16.2. The highest BCUT2D eigenvalue weighted by Gasteiger charge is 2.30. The summed E-state index contributed by atoms with van der Waals surface area (Å²) < 4.78 is 0. The second-order valence-electron chi connectivity index (χ2n) is 7.38. The Bertz CT molecular complexity index is 807. The number of hydrogen-bond acceptors (Lipinski definition) is 3. The lowest BCUT2D eigenvalue weighted by Gasteiger charge is -2.40. The highest BCUT2D eigenvalue weighted by Crippen LogP contribution is 2.25. The van der Waals surface area contributed by atoms with Crippen molar-refractivity contribution in [2.45, 2.75) is 32.2 Å². The van der Waals surface area contributed by atoms with Crippen molar-refractivity contribution in [1.82, 2.24) is 9.80 Å². The lowest BCUT2D eigenvalue weighted by Crippen LogP contribution is -2.49. The number of nitrogens with one attached hydrogen (secondary N) is 1. The van der Waals surface area contributed by atoms with Gasteiger partial charge in [0.05, 0.1) is 6.04 Å². The average molecular weight is 380 g/mol. The molecule has 148 valence electrons. The minimum Gasteiger partial charge on any atom is -0.333 e. The number of likely N-dealkylation sites (N-methyl/N-ethyl adjacent to an activating group) is 1. The van der Waals surface area contributed by atoms with E-state index in [0.717, 1.165) is 30.8 Å². The lowest BCUT2D eigenvalue weighted by molar-refractivity contribution is -0.137. The van der Waals surface area contributed by atoms with Crippen molar-refractivity contribution < 1.29 is 9.59 Å². The van der Waals surface area contributed by atoms with E-state index in [9.17, 15) is 9.59 Å². The number of nitrogens with zero attached hydrogens (tertiary/aromatic N) is 2. The predicted octanol–water partition coefficient (Wildman–Crippen LogP) is 3.48. The van der Waals surface area contributed by atoms with Crippen LogP contribution < -0.4 is 5.32 Å². The molecule has 0 saturated carbocycles. The second-order valence-corrected chi connectivity index (χ2v) is 7.38. The number of amides is 2. The minimum atomic E-state index is -0.119. The molecule has 1 N–H and O–H groups in total. The maximum atomic E-state index is 12.9. The Kier molecular flexibility index (Phi) is 6.82. The summed E-state index contributed by atoms with van der Waals surface area (Å²) in [6, 6.07) is 18.0. The van der Waals surface area contributed by atoms with E-state index in [0.29, 0.717) is 6.54 Å². The van der Waals surface area contributed by atoms with Gasteiger partial charge in [0.15, 0.2) is 0 Å². The fraction of sp³-hybridized carbons (Fsp3) is 0.391. The van der Waals surface area contributed by atoms with Gasteiger partial charge in [0.25, 0.3) is 0 Å². The van der Waals surface area contributed by atoms with Crippen LogP contribution >= 0.6 is 0 Å². The largest absolute Gasteiger partial charge is 0.333 e. The van der Waals surface area contributed by atoms with Gasteiger partial charge in [-0.05, 0) is 36.7 Å². The molecule has 1 atom stereocenters. The van der Waals surface area contributed by atoms with Crippen molar-refractivity contribution in [1.29, 1.82) is 0 Å². The zero-order chi connectivity index (χ0) is 19.9. The van der Waals surface area contributed by atoms with Crippen LogP contribution in [0.2, 0.25) is 0 Å². The molecule has 0 radical (unpaired) electrons. The normalized spacial score (nSPS) is 17.4. The van der Waals surface area contributed by atoms with Crippen LogP contribution in [-0.2, 0) is 16.0 Å². The maximum Gasteiger partial charge on any atom is 0.224 e. The molecule has 2 aromatic carbocycles. The highest BCUT2D eigenvalue weighted by molar-refractivity contribution is 5.93. The van der Waals surface area contributed by atoms with Gasteiger partial charge in [0.2, 0.25) is 11.8 Å². The monoisotopic (exact) mass is 379 g/mol. The summed E-state index contributed by atoms with van der Waals surface area (Å²) in [5, 5.41) is 2.91. The second kappa shape index (κ2) is 9.51. The number of anilines is 1. The molecule has 1 aliphatic heterocycles. The van der Waals surface area contributed by atoms with E-state index >= 15 is 0 Å². The Morgan fingerprint density at radius 2 is 1.82 bits per heavy atom. The number of piperazine rings is 1. The number of carbonyl (C=O) groups is 2. The molecule has 1 unspecified atom stereocenters. The summed E-state index contributed by atoms with van der Waals surface area (Å²) in [5.41, 5.74) is 3.11. The van der Waals surface area contributed by atoms with E-state index in [1.807, 2.05) is 47.4 Å². The Hall–Kier alpha value is -2.66. The summed E-state index contributed by atoms with van der Waals surface area (Å²) in [6.45, 7) is 4.44. The van der Waals surface area contributed by atoms with Gasteiger partial charge in [0, 0.05) is 38.2 Å². The standard InChI is InChI=1S/C23H29N3O2/c1-3-18-8-7-11-20(16-18)24-22(27)12-13-23(28)26-15-14-25(2)17-21(26)19-9-5-4-6-10-19/h4-11,16,21H,3,12-15,17H2,1-2H3,(H,24,27). The van der Waals surface area contributed by atoms with E-state index in [1.165, 1.54) is 5.56 Å². The Morgan fingerprint density at radius 1 is 1.04 bits per heavy atom. The topological polar surface area (TPSA) is 52.7 Å². The first kappa shape index (κ1) is 20.1. The van der Waals surface area contributed by atoms with Crippen LogP contribution in [0.4, 0.5) is 5.69 Å². The van der Waals surface area contributed by atoms with Gasteiger partial charge in [0.1, 0.15) is 0 Å². The van der Waals surface area contributed by atoms with Gasteiger partial charge in [-0.25, -0.2) is 0 Å². The third-order valence-electron chi connectivity index (χ3n) is 5.27. The smallest absolute Gasteiger partial charge is 0.224 e. The quantitative estimate of drug-likeness (QED) is 0.836. The molecule has 2 aromatic rings. The summed E-state index contributed by atoms with van der Waals surface area (Å²) in [7, 11) is 2.08. The molecule has 0 bridgehead atoms. The van der Waals surface area contributed by atoms with Crippen LogP contribution in [-0.4, -0.2) is 48.3 Å². The first-order valence-corrected chi connectivity index (χ1v) is 9.98. The molecule has 0 spiro atoms. The molecule has 1 saturated heterocycles. The first-order chi connectivity index (χ1) is 13.6. The fourth-order valence-corrected chi connectivity index (χ4v) is 3.63. The molecule has 5 nitrogen and oxygen atoms in total. The summed E-state index contributed by atoms with van der Waals surface area (Å²) in [6.07, 6.45) is 1.35.